The Morgan fingerprint density at radius 3 is 2.05 bits per heavy atom. The topological polar surface area (TPSA) is 59.3 Å². The van der Waals surface area contributed by atoms with Crippen molar-refractivity contribution in [2.24, 2.45) is 5.73 Å². The van der Waals surface area contributed by atoms with Crippen LogP contribution < -0.4 is 21.1 Å². The third-order valence-electron chi connectivity index (χ3n) is 7.58. The van der Waals surface area contributed by atoms with Crippen LogP contribution in [0.3, 0.4) is 0 Å². The molecule has 0 amide bonds. The zero-order valence-corrected chi connectivity index (χ0v) is 23.9. The van der Waals surface area contributed by atoms with E-state index in [0.717, 1.165) is 28.3 Å². The quantitative estimate of drug-likeness (QED) is 0.189. The van der Waals surface area contributed by atoms with Crippen LogP contribution >= 0.6 is 0 Å². The highest BCUT2D eigenvalue weighted by atomic mass is 16.5. The molecule has 0 radical (unpaired) electrons. The van der Waals surface area contributed by atoms with Gasteiger partial charge in [-0.25, -0.2) is 0 Å². The van der Waals surface area contributed by atoms with Crippen LogP contribution in [0.25, 0.3) is 27.2 Å². The van der Waals surface area contributed by atoms with Gasteiger partial charge in [-0.2, -0.15) is 0 Å². The summed E-state index contributed by atoms with van der Waals surface area (Å²) >= 11 is 0. The molecule has 208 valence electrons. The summed E-state index contributed by atoms with van der Waals surface area (Å²) in [5.74, 6) is 0.881. The van der Waals surface area contributed by atoms with Crippen LogP contribution in [0.1, 0.15) is 34.4 Å². The van der Waals surface area contributed by atoms with Crippen molar-refractivity contribution in [1.82, 2.24) is 5.32 Å². The smallest absolute Gasteiger partial charge is 0.196 e. The second-order valence-electron chi connectivity index (χ2n) is 10.5. The van der Waals surface area contributed by atoms with Crippen molar-refractivity contribution in [2.75, 3.05) is 19.4 Å². The van der Waals surface area contributed by atoms with Crippen LogP contribution in [-0.4, -0.2) is 14.1 Å². The van der Waals surface area contributed by atoms with E-state index in [1.165, 1.54) is 32.7 Å². The fourth-order valence-corrected chi connectivity index (χ4v) is 5.60. The Balaban J connectivity index is 0.00000101. The molecular formula is C38H35N3O. The number of benzene rings is 6. The van der Waals surface area contributed by atoms with Gasteiger partial charge in [0.15, 0.2) is 6.23 Å². The minimum atomic E-state index is -0.212. The average molecular weight is 550 g/mol. The highest BCUT2D eigenvalue weighted by molar-refractivity contribution is 6.15. The van der Waals surface area contributed by atoms with Gasteiger partial charge in [0.25, 0.3) is 0 Å². The third kappa shape index (κ3) is 5.45. The first-order valence-corrected chi connectivity index (χ1v) is 14.3. The number of allylic oxidation sites excluding steroid dienone is 1. The summed E-state index contributed by atoms with van der Waals surface area (Å²) in [6.45, 7) is 0. The minimum Gasteiger partial charge on any atom is -0.464 e. The number of fused-ring (bicyclic) bond motifs is 5. The van der Waals surface area contributed by atoms with Crippen molar-refractivity contribution in [3.05, 3.63) is 162 Å². The summed E-state index contributed by atoms with van der Waals surface area (Å²) in [4.78, 5) is 0. The van der Waals surface area contributed by atoms with E-state index in [-0.39, 0.29) is 12.1 Å². The summed E-state index contributed by atoms with van der Waals surface area (Å²) in [5, 5.41) is 11.2. The lowest BCUT2D eigenvalue weighted by atomic mass is 9.87. The Morgan fingerprint density at radius 1 is 0.738 bits per heavy atom. The van der Waals surface area contributed by atoms with E-state index >= 15 is 0 Å². The fraction of sp³-hybridized carbons (Fsp3) is 0.105. The first kappa shape index (κ1) is 27.1. The molecule has 4 heteroatoms. The Morgan fingerprint density at radius 2 is 1.33 bits per heavy atom. The molecule has 2 unspecified atom stereocenters. The fourth-order valence-electron chi connectivity index (χ4n) is 5.60. The molecule has 1 aliphatic rings. The maximum absolute atomic E-state index is 6.65. The molecule has 0 aromatic heterocycles. The lowest BCUT2D eigenvalue weighted by Gasteiger charge is -2.18. The lowest BCUT2D eigenvalue weighted by Crippen LogP contribution is -2.09. The number of rotatable bonds is 5. The van der Waals surface area contributed by atoms with E-state index < -0.39 is 0 Å². The van der Waals surface area contributed by atoms with E-state index in [9.17, 15) is 0 Å². The van der Waals surface area contributed by atoms with Gasteiger partial charge in [-0.05, 0) is 65.2 Å². The van der Waals surface area contributed by atoms with Gasteiger partial charge < -0.3 is 21.1 Å². The van der Waals surface area contributed by atoms with E-state index in [1.807, 2.05) is 50.5 Å². The predicted octanol–water partition coefficient (Wildman–Crippen LogP) is 8.46. The molecular weight excluding hydrogens is 514 g/mol. The van der Waals surface area contributed by atoms with Gasteiger partial charge in [0, 0.05) is 22.6 Å². The molecule has 7 rings (SSSR count). The summed E-state index contributed by atoms with van der Waals surface area (Å²) in [6.07, 6.45) is 1.96. The molecule has 6 aromatic carbocycles. The summed E-state index contributed by atoms with van der Waals surface area (Å²) < 4.78 is 6.36. The molecule has 2 atom stereocenters. The number of anilines is 1. The number of ether oxygens (including phenoxy) is 1. The maximum atomic E-state index is 6.65. The second-order valence-corrected chi connectivity index (χ2v) is 10.5. The maximum Gasteiger partial charge on any atom is 0.196 e. The number of nitrogens with one attached hydrogen (secondary N) is 2. The van der Waals surface area contributed by atoms with Gasteiger partial charge >= 0.3 is 0 Å². The van der Waals surface area contributed by atoms with Gasteiger partial charge in [-0.3, -0.25) is 0 Å². The van der Waals surface area contributed by atoms with Crippen LogP contribution in [0, 0.1) is 0 Å². The van der Waals surface area contributed by atoms with Crippen LogP contribution in [0.4, 0.5) is 5.69 Å². The molecule has 0 bridgehead atoms. The zero-order valence-electron chi connectivity index (χ0n) is 23.9. The standard InChI is InChI=1S/C36H28N2O.C2H7N/c37-32(26-12-6-2-7-13-26)23-30(24-10-4-1-5-11-24)29-19-17-25-16-18-27-20-21-33-35(34(27)31(25)22-29)38-36(39-33)28-14-8-3-9-15-28;1-3-2/h1-23,30,36,38H,37H2;3H,1-2H3/b32-23-;. The Hall–Kier alpha value is -5.06. The van der Waals surface area contributed by atoms with E-state index in [2.05, 4.69) is 114 Å². The Labute approximate surface area is 247 Å². The number of hydrogen-bond acceptors (Lipinski definition) is 4. The Kier molecular flexibility index (Phi) is 7.89. The normalized spacial score (nSPS) is 14.8. The van der Waals surface area contributed by atoms with Crippen LogP contribution in [0.2, 0.25) is 0 Å². The lowest BCUT2D eigenvalue weighted by molar-refractivity contribution is 0.260. The summed E-state index contributed by atoms with van der Waals surface area (Å²) in [6, 6.07) is 46.4. The van der Waals surface area contributed by atoms with Gasteiger partial charge in [-0.15, -0.1) is 0 Å². The van der Waals surface area contributed by atoms with Gasteiger partial charge in [0.05, 0.1) is 5.69 Å². The molecule has 4 nitrogen and oxygen atoms in total. The van der Waals surface area contributed by atoms with Gasteiger partial charge in [-0.1, -0.05) is 121 Å². The third-order valence-corrected chi connectivity index (χ3v) is 7.58. The summed E-state index contributed by atoms with van der Waals surface area (Å²) in [7, 11) is 3.75. The first-order chi connectivity index (χ1) is 20.7. The van der Waals surface area contributed by atoms with Crippen molar-refractivity contribution in [2.45, 2.75) is 12.1 Å². The molecule has 42 heavy (non-hydrogen) atoms. The van der Waals surface area contributed by atoms with Crippen molar-refractivity contribution >= 4 is 32.9 Å². The van der Waals surface area contributed by atoms with Crippen molar-refractivity contribution < 1.29 is 4.74 Å². The van der Waals surface area contributed by atoms with Crippen molar-refractivity contribution in [1.29, 1.82) is 0 Å². The SMILES string of the molecule is CNC.N/C(=C\C(c1ccccc1)c1ccc2ccc3ccc4c(c3c2c1)NC(c1ccccc1)O4)c1ccccc1. The number of hydrogen-bond donors (Lipinski definition) is 3. The molecule has 4 N–H and O–H groups in total. The molecule has 0 saturated heterocycles. The van der Waals surface area contributed by atoms with Crippen molar-refractivity contribution in [3.63, 3.8) is 0 Å². The molecule has 0 spiro atoms. The monoisotopic (exact) mass is 549 g/mol. The van der Waals surface area contributed by atoms with Crippen molar-refractivity contribution in [3.8, 4) is 5.75 Å². The predicted molar refractivity (Wildman–Crippen MR) is 177 cm³/mol. The van der Waals surface area contributed by atoms with Crippen LogP contribution in [0.15, 0.2) is 140 Å². The molecule has 6 aromatic rings. The van der Waals surface area contributed by atoms with Crippen LogP contribution in [0.5, 0.6) is 5.75 Å². The van der Waals surface area contributed by atoms with E-state index in [1.54, 1.807) is 0 Å². The van der Waals surface area contributed by atoms with Gasteiger partial charge in [0.2, 0.25) is 0 Å². The molecule has 0 aliphatic carbocycles. The average Bonchev–Trinajstić information content (AvgIpc) is 3.49. The van der Waals surface area contributed by atoms with E-state index in [0.29, 0.717) is 0 Å². The van der Waals surface area contributed by atoms with E-state index in [4.69, 9.17) is 10.5 Å². The zero-order chi connectivity index (χ0) is 28.9. The molecule has 0 saturated carbocycles. The highest BCUT2D eigenvalue weighted by Crippen LogP contribution is 2.45. The largest absolute Gasteiger partial charge is 0.464 e. The molecule has 1 aliphatic heterocycles. The molecule has 0 fully saturated rings. The molecule has 1 heterocycles. The summed E-state index contributed by atoms with van der Waals surface area (Å²) in [5.41, 5.74) is 13.0. The van der Waals surface area contributed by atoms with Gasteiger partial charge in [0.1, 0.15) is 5.75 Å². The van der Waals surface area contributed by atoms with Crippen LogP contribution in [-0.2, 0) is 0 Å². The highest BCUT2D eigenvalue weighted by Gasteiger charge is 2.26. The Bertz CT molecular complexity index is 1830. The minimum absolute atomic E-state index is 0.00380. The second kappa shape index (κ2) is 12.2. The first-order valence-electron chi connectivity index (χ1n) is 14.3. The number of nitrogens with two attached hydrogens (primary N) is 1.